The van der Waals surface area contributed by atoms with E-state index in [-0.39, 0.29) is 0 Å². The fourth-order valence-electron chi connectivity index (χ4n) is 2.75. The molecule has 1 heterocycles. The minimum atomic E-state index is 0.543. The van der Waals surface area contributed by atoms with Gasteiger partial charge in [0.05, 0.1) is 10.6 Å². The van der Waals surface area contributed by atoms with Crippen LogP contribution in [0.2, 0.25) is 0 Å². The van der Waals surface area contributed by atoms with Gasteiger partial charge in [0, 0.05) is 16.9 Å². The summed E-state index contributed by atoms with van der Waals surface area (Å²) >= 11 is 5.24. The lowest BCUT2D eigenvalue weighted by molar-refractivity contribution is 0.700. The van der Waals surface area contributed by atoms with Crippen LogP contribution in [0.5, 0.6) is 0 Å². The zero-order valence-corrected chi connectivity index (χ0v) is 13.1. The monoisotopic (exact) mass is 336 g/mol. The highest BCUT2D eigenvalue weighted by atomic mass is 79.9. The maximum atomic E-state index is 5.77. The molecular weight excluding hydrogens is 320 g/mol. The highest BCUT2D eigenvalue weighted by Crippen LogP contribution is 2.41. The number of hydrogen-bond donors (Lipinski definition) is 1. The largest absolute Gasteiger partial charge is 0.325 e. The summed E-state index contributed by atoms with van der Waals surface area (Å²) in [4.78, 5) is 6.11. The molecule has 2 nitrogen and oxygen atoms in total. The summed E-state index contributed by atoms with van der Waals surface area (Å²) in [7, 11) is 0. The number of rotatable bonds is 3. The summed E-state index contributed by atoms with van der Waals surface area (Å²) < 4.78 is 1.11. The van der Waals surface area contributed by atoms with Crippen molar-refractivity contribution in [2.45, 2.75) is 38.1 Å². The lowest BCUT2D eigenvalue weighted by atomic mass is 10.0. The van der Waals surface area contributed by atoms with E-state index < -0.39 is 0 Å². The van der Waals surface area contributed by atoms with E-state index in [9.17, 15) is 0 Å². The molecule has 0 atom stereocenters. The van der Waals surface area contributed by atoms with Crippen LogP contribution < -0.4 is 5.73 Å². The van der Waals surface area contributed by atoms with Crippen LogP contribution in [-0.4, -0.2) is 4.98 Å². The van der Waals surface area contributed by atoms with E-state index in [1.54, 1.807) is 11.3 Å². The fourth-order valence-corrected chi connectivity index (χ4v) is 4.05. The highest BCUT2D eigenvalue weighted by molar-refractivity contribution is 9.10. The first-order valence-corrected chi connectivity index (χ1v) is 8.34. The van der Waals surface area contributed by atoms with Crippen molar-refractivity contribution in [1.82, 2.24) is 4.98 Å². The van der Waals surface area contributed by atoms with E-state index in [1.807, 2.05) is 0 Å². The second-order valence-corrected chi connectivity index (χ2v) is 7.01. The summed E-state index contributed by atoms with van der Waals surface area (Å²) in [5, 5.41) is 1.06. The Morgan fingerprint density at radius 3 is 2.53 bits per heavy atom. The molecule has 0 radical (unpaired) electrons. The van der Waals surface area contributed by atoms with E-state index in [4.69, 9.17) is 10.7 Å². The van der Waals surface area contributed by atoms with Crippen molar-refractivity contribution in [3.8, 4) is 10.4 Å². The Bertz CT molecular complexity index is 556. The molecule has 0 saturated heterocycles. The van der Waals surface area contributed by atoms with Gasteiger partial charge < -0.3 is 5.73 Å². The van der Waals surface area contributed by atoms with Gasteiger partial charge in [-0.15, -0.1) is 11.3 Å². The van der Waals surface area contributed by atoms with Crippen LogP contribution in [0.4, 0.5) is 0 Å². The first-order chi connectivity index (χ1) is 9.28. The maximum Gasteiger partial charge on any atom is 0.107 e. The van der Waals surface area contributed by atoms with Gasteiger partial charge in [0.25, 0.3) is 0 Å². The molecule has 0 spiro atoms. The SMILES string of the molecule is NCc1nc(C2CCCC2)c(-c2ccc(Br)cc2)s1. The molecule has 1 aromatic heterocycles. The molecule has 2 N–H and O–H groups in total. The van der Waals surface area contributed by atoms with Gasteiger partial charge in [-0.2, -0.15) is 0 Å². The molecule has 4 heteroatoms. The Hall–Kier alpha value is -0.710. The summed E-state index contributed by atoms with van der Waals surface area (Å²) in [5.41, 5.74) is 8.32. The predicted molar refractivity (Wildman–Crippen MR) is 84.4 cm³/mol. The van der Waals surface area contributed by atoms with Gasteiger partial charge in [-0.05, 0) is 30.5 Å². The minimum absolute atomic E-state index is 0.543. The van der Waals surface area contributed by atoms with Crippen LogP contribution in [-0.2, 0) is 6.54 Å². The van der Waals surface area contributed by atoms with Crippen LogP contribution >= 0.6 is 27.3 Å². The van der Waals surface area contributed by atoms with E-state index >= 15 is 0 Å². The van der Waals surface area contributed by atoms with Crippen molar-refractivity contribution in [2.75, 3.05) is 0 Å². The van der Waals surface area contributed by atoms with Gasteiger partial charge >= 0.3 is 0 Å². The first kappa shape index (κ1) is 13.3. The molecule has 1 aromatic carbocycles. The second kappa shape index (κ2) is 5.73. The molecule has 100 valence electrons. The van der Waals surface area contributed by atoms with Crippen molar-refractivity contribution in [2.24, 2.45) is 5.73 Å². The van der Waals surface area contributed by atoms with Crippen molar-refractivity contribution in [3.63, 3.8) is 0 Å². The Kier molecular flexibility index (Phi) is 4.01. The highest BCUT2D eigenvalue weighted by Gasteiger charge is 2.24. The second-order valence-electron chi connectivity index (χ2n) is 5.01. The van der Waals surface area contributed by atoms with Gasteiger partial charge in [-0.3, -0.25) is 0 Å². The molecular formula is C15H17BrN2S. The lowest BCUT2D eigenvalue weighted by Gasteiger charge is -2.09. The van der Waals surface area contributed by atoms with E-state index in [2.05, 4.69) is 40.2 Å². The average molecular weight is 337 g/mol. The summed E-state index contributed by atoms with van der Waals surface area (Å²) in [6, 6.07) is 8.51. The number of nitrogens with zero attached hydrogens (tertiary/aromatic N) is 1. The van der Waals surface area contributed by atoms with E-state index in [0.29, 0.717) is 12.5 Å². The summed E-state index contributed by atoms with van der Waals surface area (Å²) in [6.07, 6.45) is 5.22. The Morgan fingerprint density at radius 1 is 1.21 bits per heavy atom. The zero-order valence-electron chi connectivity index (χ0n) is 10.7. The standard InChI is InChI=1S/C15H17BrN2S/c16-12-7-5-11(6-8-12)15-14(10-3-1-2-4-10)18-13(9-17)19-15/h5-8,10H,1-4,9,17H2. The first-order valence-electron chi connectivity index (χ1n) is 6.73. The van der Waals surface area contributed by atoms with Gasteiger partial charge in [0.1, 0.15) is 5.01 Å². The zero-order chi connectivity index (χ0) is 13.2. The van der Waals surface area contributed by atoms with Gasteiger partial charge in [-0.1, -0.05) is 40.9 Å². The van der Waals surface area contributed by atoms with Crippen LogP contribution in [0.3, 0.4) is 0 Å². The van der Waals surface area contributed by atoms with Crippen molar-refractivity contribution in [3.05, 3.63) is 39.4 Å². The Balaban J connectivity index is 2.03. The number of nitrogens with two attached hydrogens (primary N) is 1. The van der Waals surface area contributed by atoms with Crippen LogP contribution in [0.15, 0.2) is 28.7 Å². The van der Waals surface area contributed by atoms with Crippen molar-refractivity contribution >= 4 is 27.3 Å². The number of halogens is 1. The van der Waals surface area contributed by atoms with Gasteiger partial charge in [0.2, 0.25) is 0 Å². The molecule has 1 fully saturated rings. The lowest BCUT2D eigenvalue weighted by Crippen LogP contribution is -1.98. The van der Waals surface area contributed by atoms with E-state index in [0.717, 1.165) is 9.48 Å². The molecule has 0 bridgehead atoms. The Labute approximate surface area is 126 Å². The number of thiazole rings is 1. The molecule has 0 amide bonds. The molecule has 1 saturated carbocycles. The maximum absolute atomic E-state index is 5.77. The molecule has 19 heavy (non-hydrogen) atoms. The van der Waals surface area contributed by atoms with Crippen LogP contribution in [0.25, 0.3) is 10.4 Å². The quantitative estimate of drug-likeness (QED) is 0.882. The van der Waals surface area contributed by atoms with Gasteiger partial charge in [-0.25, -0.2) is 4.98 Å². The van der Waals surface area contributed by atoms with Gasteiger partial charge in [0.15, 0.2) is 0 Å². The van der Waals surface area contributed by atoms with E-state index in [1.165, 1.54) is 41.8 Å². The number of aromatic nitrogens is 1. The van der Waals surface area contributed by atoms with Crippen molar-refractivity contribution in [1.29, 1.82) is 0 Å². The molecule has 0 unspecified atom stereocenters. The Morgan fingerprint density at radius 2 is 1.89 bits per heavy atom. The molecule has 1 aliphatic rings. The topological polar surface area (TPSA) is 38.9 Å². The summed E-state index contributed by atoms with van der Waals surface area (Å²) in [5.74, 6) is 0.634. The van der Waals surface area contributed by atoms with Crippen LogP contribution in [0, 0.1) is 0 Å². The third-order valence-corrected chi connectivity index (χ3v) is 5.39. The average Bonchev–Trinajstić information content (AvgIpc) is 3.08. The van der Waals surface area contributed by atoms with Crippen molar-refractivity contribution < 1.29 is 0 Å². The molecule has 0 aliphatic heterocycles. The third kappa shape index (κ3) is 2.76. The normalized spacial score (nSPS) is 16.1. The predicted octanol–water partition coefficient (Wildman–Crippen LogP) is 4.69. The fraction of sp³-hybridized carbons (Fsp3) is 0.400. The smallest absolute Gasteiger partial charge is 0.107 e. The molecule has 1 aliphatic carbocycles. The molecule has 2 aromatic rings. The number of hydrogen-bond acceptors (Lipinski definition) is 3. The van der Waals surface area contributed by atoms with Crippen LogP contribution in [0.1, 0.15) is 42.3 Å². The summed E-state index contributed by atoms with van der Waals surface area (Å²) in [6.45, 7) is 0.543. The third-order valence-electron chi connectivity index (χ3n) is 3.72. The minimum Gasteiger partial charge on any atom is -0.325 e. The molecule has 3 rings (SSSR count). The number of benzene rings is 1.